The third-order valence-corrected chi connectivity index (χ3v) is 3.80. The zero-order valence-electron chi connectivity index (χ0n) is 12.6. The summed E-state index contributed by atoms with van der Waals surface area (Å²) in [5.41, 5.74) is 0.361. The van der Waals surface area contributed by atoms with Crippen LogP contribution in [-0.2, 0) is 0 Å². The molecule has 0 aromatic carbocycles. The van der Waals surface area contributed by atoms with Crippen LogP contribution in [-0.4, -0.2) is 62.2 Å². The molecule has 2 unspecified atom stereocenters. The Hall–Kier alpha value is -0.120. The largest absolute Gasteiger partial charge is 0.311 e. The lowest BCUT2D eigenvalue weighted by molar-refractivity contribution is 0.0908. The van der Waals surface area contributed by atoms with Crippen molar-refractivity contribution < 1.29 is 0 Å². The average Bonchev–Trinajstić information content (AvgIpc) is 2.18. The van der Waals surface area contributed by atoms with E-state index >= 15 is 0 Å². The summed E-state index contributed by atoms with van der Waals surface area (Å²) in [4.78, 5) is 4.92. The van der Waals surface area contributed by atoms with E-state index in [1.165, 1.54) is 26.1 Å². The number of rotatable bonds is 4. The minimum atomic E-state index is 0.361. The first-order chi connectivity index (χ1) is 7.80. The van der Waals surface area contributed by atoms with Crippen LogP contribution in [0.5, 0.6) is 0 Å². The van der Waals surface area contributed by atoms with E-state index < -0.39 is 0 Å². The Balaban J connectivity index is 2.41. The van der Waals surface area contributed by atoms with Crippen molar-refractivity contribution in [2.75, 3.05) is 40.3 Å². The quantitative estimate of drug-likeness (QED) is 0.807. The molecule has 0 aliphatic carbocycles. The Kier molecular flexibility index (Phi) is 5.42. The van der Waals surface area contributed by atoms with E-state index in [0.717, 1.165) is 6.54 Å². The van der Waals surface area contributed by atoms with Gasteiger partial charge in [0.2, 0.25) is 0 Å². The first-order valence-corrected chi connectivity index (χ1v) is 6.93. The van der Waals surface area contributed by atoms with Gasteiger partial charge in [-0.05, 0) is 45.9 Å². The molecule has 17 heavy (non-hydrogen) atoms. The van der Waals surface area contributed by atoms with Crippen molar-refractivity contribution in [3.05, 3.63) is 0 Å². The third kappa shape index (κ3) is 4.94. The van der Waals surface area contributed by atoms with Gasteiger partial charge in [0.1, 0.15) is 0 Å². The Morgan fingerprint density at radius 3 is 2.47 bits per heavy atom. The van der Waals surface area contributed by atoms with Gasteiger partial charge >= 0.3 is 0 Å². The minimum Gasteiger partial charge on any atom is -0.311 e. The van der Waals surface area contributed by atoms with Crippen molar-refractivity contribution in [3.8, 4) is 0 Å². The molecule has 1 saturated heterocycles. The lowest BCUT2D eigenvalue weighted by Gasteiger charge is -2.44. The molecule has 0 bridgehead atoms. The average molecular weight is 241 g/mol. The molecule has 1 aliphatic rings. The molecule has 0 aromatic rings. The predicted molar refractivity (Wildman–Crippen MR) is 75.5 cm³/mol. The SMILES string of the molecule is CC1CNC(C(C)(C)C)CN1CCCN(C)C. The molecule has 102 valence electrons. The lowest BCUT2D eigenvalue weighted by Crippen LogP contribution is -2.59. The Morgan fingerprint density at radius 1 is 1.29 bits per heavy atom. The van der Waals surface area contributed by atoms with Crippen LogP contribution in [0.4, 0.5) is 0 Å². The standard InChI is InChI=1S/C14H31N3/c1-12-10-15-13(14(2,3)4)11-17(12)9-7-8-16(5)6/h12-13,15H,7-11H2,1-6H3. The van der Waals surface area contributed by atoms with E-state index in [9.17, 15) is 0 Å². The molecule has 0 radical (unpaired) electrons. The van der Waals surface area contributed by atoms with Crippen LogP contribution in [0.15, 0.2) is 0 Å². The lowest BCUT2D eigenvalue weighted by atomic mass is 9.85. The maximum absolute atomic E-state index is 3.69. The monoisotopic (exact) mass is 241 g/mol. The van der Waals surface area contributed by atoms with Crippen LogP contribution in [0, 0.1) is 5.41 Å². The molecule has 0 saturated carbocycles. The predicted octanol–water partition coefficient (Wildman–Crippen LogP) is 1.65. The van der Waals surface area contributed by atoms with E-state index in [4.69, 9.17) is 0 Å². The number of hydrogen-bond donors (Lipinski definition) is 1. The van der Waals surface area contributed by atoms with E-state index in [-0.39, 0.29) is 0 Å². The smallest absolute Gasteiger partial charge is 0.0244 e. The van der Waals surface area contributed by atoms with Gasteiger partial charge in [-0.15, -0.1) is 0 Å². The minimum absolute atomic E-state index is 0.361. The van der Waals surface area contributed by atoms with Crippen molar-refractivity contribution in [2.24, 2.45) is 5.41 Å². The number of piperazine rings is 1. The summed E-state index contributed by atoms with van der Waals surface area (Å²) in [5, 5.41) is 3.69. The highest BCUT2D eigenvalue weighted by Gasteiger charge is 2.31. The fraction of sp³-hybridized carbons (Fsp3) is 1.00. The summed E-state index contributed by atoms with van der Waals surface area (Å²) in [6, 6.07) is 1.30. The first kappa shape index (κ1) is 14.9. The number of nitrogens with zero attached hydrogens (tertiary/aromatic N) is 2. The van der Waals surface area contributed by atoms with Gasteiger partial charge in [0.05, 0.1) is 0 Å². The van der Waals surface area contributed by atoms with Crippen molar-refractivity contribution in [2.45, 2.75) is 46.2 Å². The van der Waals surface area contributed by atoms with E-state index in [2.05, 4.69) is 56.9 Å². The zero-order valence-corrected chi connectivity index (χ0v) is 12.6. The molecule has 0 aromatic heterocycles. The molecule has 1 fully saturated rings. The van der Waals surface area contributed by atoms with Gasteiger partial charge in [0, 0.05) is 25.2 Å². The fourth-order valence-electron chi connectivity index (χ4n) is 2.40. The molecule has 1 aliphatic heterocycles. The molecule has 1 rings (SSSR count). The molecule has 3 heteroatoms. The van der Waals surface area contributed by atoms with Gasteiger partial charge in [-0.1, -0.05) is 20.8 Å². The highest BCUT2D eigenvalue weighted by Crippen LogP contribution is 2.23. The van der Waals surface area contributed by atoms with E-state index in [1.54, 1.807) is 0 Å². The van der Waals surface area contributed by atoms with Crippen LogP contribution in [0.3, 0.4) is 0 Å². The Labute approximate surface area is 108 Å². The summed E-state index contributed by atoms with van der Waals surface area (Å²) in [5.74, 6) is 0. The summed E-state index contributed by atoms with van der Waals surface area (Å²) in [6.45, 7) is 14.1. The van der Waals surface area contributed by atoms with Gasteiger partial charge < -0.3 is 10.2 Å². The van der Waals surface area contributed by atoms with Gasteiger partial charge in [-0.2, -0.15) is 0 Å². The highest BCUT2D eigenvalue weighted by atomic mass is 15.2. The van der Waals surface area contributed by atoms with Crippen LogP contribution >= 0.6 is 0 Å². The summed E-state index contributed by atoms with van der Waals surface area (Å²) in [6.07, 6.45) is 1.27. The molecule has 0 amide bonds. The normalized spacial score (nSPS) is 27.7. The van der Waals surface area contributed by atoms with Crippen molar-refractivity contribution in [1.82, 2.24) is 15.1 Å². The maximum atomic E-state index is 3.69. The number of hydrogen-bond acceptors (Lipinski definition) is 3. The topological polar surface area (TPSA) is 18.5 Å². The molecule has 0 spiro atoms. The Bertz CT molecular complexity index is 220. The van der Waals surface area contributed by atoms with Crippen LogP contribution in [0.2, 0.25) is 0 Å². The van der Waals surface area contributed by atoms with Crippen molar-refractivity contribution in [1.29, 1.82) is 0 Å². The zero-order chi connectivity index (χ0) is 13.1. The second kappa shape index (κ2) is 6.17. The van der Waals surface area contributed by atoms with Gasteiger partial charge in [0.15, 0.2) is 0 Å². The van der Waals surface area contributed by atoms with Gasteiger partial charge in [-0.3, -0.25) is 4.90 Å². The van der Waals surface area contributed by atoms with E-state index in [1.807, 2.05) is 0 Å². The van der Waals surface area contributed by atoms with Crippen molar-refractivity contribution in [3.63, 3.8) is 0 Å². The fourth-order valence-corrected chi connectivity index (χ4v) is 2.40. The van der Waals surface area contributed by atoms with Crippen LogP contribution < -0.4 is 5.32 Å². The van der Waals surface area contributed by atoms with Gasteiger partial charge in [-0.25, -0.2) is 0 Å². The van der Waals surface area contributed by atoms with E-state index in [0.29, 0.717) is 17.5 Å². The maximum Gasteiger partial charge on any atom is 0.0244 e. The second-order valence-corrected chi connectivity index (χ2v) is 6.83. The number of nitrogens with one attached hydrogen (secondary N) is 1. The van der Waals surface area contributed by atoms with Crippen molar-refractivity contribution >= 4 is 0 Å². The first-order valence-electron chi connectivity index (χ1n) is 6.93. The second-order valence-electron chi connectivity index (χ2n) is 6.83. The summed E-state index contributed by atoms with van der Waals surface area (Å²) < 4.78 is 0. The molecular weight excluding hydrogens is 210 g/mol. The molecular formula is C14H31N3. The molecule has 2 atom stereocenters. The Morgan fingerprint density at radius 2 is 1.94 bits per heavy atom. The molecule has 1 heterocycles. The molecule has 1 N–H and O–H groups in total. The summed E-state index contributed by atoms with van der Waals surface area (Å²) >= 11 is 0. The highest BCUT2D eigenvalue weighted by molar-refractivity contribution is 4.90. The summed E-state index contributed by atoms with van der Waals surface area (Å²) in [7, 11) is 4.30. The third-order valence-electron chi connectivity index (χ3n) is 3.80. The van der Waals surface area contributed by atoms with Crippen LogP contribution in [0.25, 0.3) is 0 Å². The van der Waals surface area contributed by atoms with Crippen LogP contribution in [0.1, 0.15) is 34.1 Å². The van der Waals surface area contributed by atoms with Gasteiger partial charge in [0.25, 0.3) is 0 Å². The molecule has 3 nitrogen and oxygen atoms in total.